The smallest absolute Gasteiger partial charge is 0.330 e. The summed E-state index contributed by atoms with van der Waals surface area (Å²) < 4.78 is 23.6. The third-order valence-corrected chi connectivity index (χ3v) is 3.83. The normalized spacial score (nSPS) is 26.2. The molecule has 2 heterocycles. The average molecular weight is 318 g/mol. The van der Waals surface area contributed by atoms with Gasteiger partial charge in [0.2, 0.25) is 0 Å². The van der Waals surface area contributed by atoms with Crippen molar-refractivity contribution in [2.75, 3.05) is 19.7 Å². The minimum absolute atomic E-state index is 0.0129. The van der Waals surface area contributed by atoms with E-state index in [-0.39, 0.29) is 12.8 Å². The van der Waals surface area contributed by atoms with Crippen molar-refractivity contribution in [2.24, 2.45) is 0 Å². The maximum Gasteiger partial charge on any atom is 0.330 e. The Bertz CT molecular complexity index is 675. The molecule has 0 bridgehead atoms. The summed E-state index contributed by atoms with van der Waals surface area (Å²) in [6.45, 7) is 4.71. The molecule has 2 N–H and O–H groups in total. The van der Waals surface area contributed by atoms with E-state index in [9.17, 15) is 19.3 Å². The van der Waals surface area contributed by atoms with Crippen LogP contribution >= 0.6 is 7.14 Å². The summed E-state index contributed by atoms with van der Waals surface area (Å²) in [6, 6.07) is 0. The van der Waals surface area contributed by atoms with Crippen LogP contribution in [-0.4, -0.2) is 46.7 Å². The Labute approximate surface area is 121 Å². The van der Waals surface area contributed by atoms with Gasteiger partial charge in [-0.05, 0) is 20.3 Å². The first-order chi connectivity index (χ1) is 9.67. The zero-order valence-corrected chi connectivity index (χ0v) is 13.0. The first kappa shape index (κ1) is 16.2. The highest BCUT2D eigenvalue weighted by Gasteiger charge is 2.37. The molecule has 3 atom stereocenters. The molecule has 2 rings (SSSR count). The number of H-pyrrole nitrogens is 1. The molecule has 1 aromatic rings. The maximum atomic E-state index is 11.8. The summed E-state index contributed by atoms with van der Waals surface area (Å²) in [4.78, 5) is 25.3. The monoisotopic (exact) mass is 318 g/mol. The average Bonchev–Trinajstić information content (AvgIpc) is 2.72. The molecular weight excluding hydrogens is 299 g/mol. The molecule has 0 amide bonds. The number of rotatable bonds is 4. The lowest BCUT2D eigenvalue weighted by atomic mass is 10.2. The van der Waals surface area contributed by atoms with Gasteiger partial charge in [-0.25, -0.2) is 4.79 Å². The zero-order chi connectivity index (χ0) is 15.8. The van der Waals surface area contributed by atoms with Gasteiger partial charge in [-0.1, -0.05) is 0 Å². The molecule has 118 valence electrons. The van der Waals surface area contributed by atoms with Crippen LogP contribution in [0, 0.1) is 6.92 Å². The first-order valence-electron chi connectivity index (χ1n) is 6.48. The van der Waals surface area contributed by atoms with Gasteiger partial charge in [-0.3, -0.25) is 14.3 Å². The number of aryl methyl sites for hydroxylation is 1. The van der Waals surface area contributed by atoms with Gasteiger partial charge in [0.1, 0.15) is 25.8 Å². The second-order valence-electron chi connectivity index (χ2n) is 5.61. The molecule has 0 aromatic carbocycles. The largest absolute Gasteiger partial charge is 0.388 e. The molecule has 0 spiro atoms. The van der Waals surface area contributed by atoms with Crippen LogP contribution in [0.3, 0.4) is 0 Å². The minimum atomic E-state index is -2.39. The summed E-state index contributed by atoms with van der Waals surface area (Å²) in [5, 5.41) is 9.91. The third kappa shape index (κ3) is 3.91. The fourth-order valence-electron chi connectivity index (χ4n) is 2.00. The maximum absolute atomic E-state index is 11.8. The van der Waals surface area contributed by atoms with E-state index in [4.69, 9.17) is 9.47 Å². The fraction of sp³-hybridized carbons (Fsp3) is 0.667. The molecule has 0 aliphatic carbocycles. The van der Waals surface area contributed by atoms with Crippen LogP contribution in [0.1, 0.15) is 18.2 Å². The van der Waals surface area contributed by atoms with Gasteiger partial charge < -0.3 is 19.1 Å². The summed E-state index contributed by atoms with van der Waals surface area (Å²) >= 11 is 0. The van der Waals surface area contributed by atoms with E-state index < -0.39 is 37.0 Å². The van der Waals surface area contributed by atoms with Gasteiger partial charge in [0.05, 0.1) is 0 Å². The van der Waals surface area contributed by atoms with E-state index in [1.807, 2.05) is 0 Å². The molecule has 0 unspecified atom stereocenters. The quantitative estimate of drug-likeness (QED) is 0.759. The van der Waals surface area contributed by atoms with Crippen molar-refractivity contribution < 1.29 is 19.1 Å². The number of nitrogens with one attached hydrogen (secondary N) is 1. The highest BCUT2D eigenvalue weighted by Crippen LogP contribution is 2.38. The molecule has 1 saturated heterocycles. The number of aromatic nitrogens is 2. The lowest BCUT2D eigenvalue weighted by Gasteiger charge is -2.18. The molecule has 1 aliphatic heterocycles. The van der Waals surface area contributed by atoms with Crippen molar-refractivity contribution in [1.29, 1.82) is 0 Å². The Morgan fingerprint density at radius 1 is 1.52 bits per heavy atom. The highest BCUT2D eigenvalue weighted by molar-refractivity contribution is 7.62. The van der Waals surface area contributed by atoms with E-state index in [0.29, 0.717) is 5.56 Å². The van der Waals surface area contributed by atoms with Gasteiger partial charge >= 0.3 is 5.69 Å². The lowest BCUT2D eigenvalue weighted by Crippen LogP contribution is -2.33. The Hall–Kier alpha value is -1.21. The standard InChI is InChI=1S/C12H19N2O6P/c1-7-5-14(12(17)13-10(7)16)9-4-8(15)11(20-9)19-6-21(2,3)18/h5,8-9,11,15H,4,6H2,1-3H3,(H,13,16,17)/t8-,9-,11+/m0/s1. The Kier molecular flexibility index (Phi) is 4.53. The number of aliphatic hydroxyl groups is 1. The fourth-order valence-corrected chi connectivity index (χ4v) is 2.51. The predicted molar refractivity (Wildman–Crippen MR) is 76.0 cm³/mol. The van der Waals surface area contributed by atoms with Crippen molar-refractivity contribution in [3.63, 3.8) is 0 Å². The molecule has 1 aliphatic rings. The Morgan fingerprint density at radius 2 is 2.19 bits per heavy atom. The third-order valence-electron chi connectivity index (χ3n) is 3.05. The number of nitrogens with zero attached hydrogens (tertiary/aromatic N) is 1. The van der Waals surface area contributed by atoms with E-state index in [1.54, 1.807) is 20.3 Å². The van der Waals surface area contributed by atoms with Gasteiger partial charge in [-0.15, -0.1) is 0 Å². The second-order valence-corrected chi connectivity index (χ2v) is 9.02. The number of aliphatic hydroxyl groups excluding tert-OH is 1. The Morgan fingerprint density at radius 3 is 2.81 bits per heavy atom. The van der Waals surface area contributed by atoms with E-state index in [2.05, 4.69) is 4.98 Å². The van der Waals surface area contributed by atoms with Crippen LogP contribution in [0.5, 0.6) is 0 Å². The second kappa shape index (κ2) is 5.88. The summed E-state index contributed by atoms with van der Waals surface area (Å²) in [7, 11) is -2.39. The van der Waals surface area contributed by atoms with Crippen molar-refractivity contribution in [3.05, 3.63) is 32.6 Å². The molecule has 9 heteroatoms. The van der Waals surface area contributed by atoms with Crippen LogP contribution in [0.15, 0.2) is 15.8 Å². The van der Waals surface area contributed by atoms with E-state index in [1.165, 1.54) is 10.8 Å². The van der Waals surface area contributed by atoms with E-state index in [0.717, 1.165) is 0 Å². The van der Waals surface area contributed by atoms with Crippen molar-refractivity contribution >= 4 is 7.14 Å². The van der Waals surface area contributed by atoms with Crippen LogP contribution in [0.25, 0.3) is 0 Å². The molecule has 1 aromatic heterocycles. The van der Waals surface area contributed by atoms with Gasteiger partial charge in [-0.2, -0.15) is 0 Å². The molecule has 21 heavy (non-hydrogen) atoms. The Balaban J connectivity index is 2.14. The number of hydrogen-bond acceptors (Lipinski definition) is 6. The predicted octanol–water partition coefficient (Wildman–Crippen LogP) is 0.0477. The van der Waals surface area contributed by atoms with Crippen LogP contribution < -0.4 is 11.2 Å². The SMILES string of the molecule is Cc1cn([C@@H]2C[C@H](O)[C@H](OCP(C)(C)=O)O2)c(=O)[nH]c1=O. The first-order valence-corrected chi connectivity index (χ1v) is 9.27. The van der Waals surface area contributed by atoms with Crippen molar-refractivity contribution in [3.8, 4) is 0 Å². The molecule has 0 radical (unpaired) electrons. The van der Waals surface area contributed by atoms with Crippen molar-refractivity contribution in [2.45, 2.75) is 32.0 Å². The zero-order valence-electron chi connectivity index (χ0n) is 12.1. The highest BCUT2D eigenvalue weighted by atomic mass is 31.2. The minimum Gasteiger partial charge on any atom is -0.388 e. The number of aromatic amines is 1. The van der Waals surface area contributed by atoms with Gasteiger partial charge in [0, 0.05) is 18.2 Å². The van der Waals surface area contributed by atoms with Crippen LogP contribution in [-0.2, 0) is 14.0 Å². The topological polar surface area (TPSA) is 111 Å². The number of ether oxygens (including phenoxy) is 2. The number of hydrogen-bond donors (Lipinski definition) is 2. The summed E-state index contributed by atoms with van der Waals surface area (Å²) in [5.74, 6) is 0. The summed E-state index contributed by atoms with van der Waals surface area (Å²) in [5.41, 5.74) is -0.704. The van der Waals surface area contributed by atoms with Gasteiger partial charge in [0.25, 0.3) is 5.56 Å². The molecule has 0 saturated carbocycles. The molecular formula is C12H19N2O6P. The molecule has 1 fully saturated rings. The van der Waals surface area contributed by atoms with Gasteiger partial charge in [0.15, 0.2) is 6.29 Å². The molecule has 8 nitrogen and oxygen atoms in total. The van der Waals surface area contributed by atoms with Crippen LogP contribution in [0.2, 0.25) is 0 Å². The van der Waals surface area contributed by atoms with Crippen molar-refractivity contribution in [1.82, 2.24) is 9.55 Å². The van der Waals surface area contributed by atoms with Crippen LogP contribution in [0.4, 0.5) is 0 Å². The van der Waals surface area contributed by atoms with E-state index >= 15 is 0 Å². The lowest BCUT2D eigenvalue weighted by molar-refractivity contribution is -0.167. The summed E-state index contributed by atoms with van der Waals surface area (Å²) in [6.07, 6.45) is -1.09.